The molecule has 0 spiro atoms. The maximum atomic E-state index is 12.1. The molecule has 0 radical (unpaired) electrons. The van der Waals surface area contributed by atoms with Crippen LogP contribution in [0.15, 0.2) is 0 Å². The molecule has 0 aromatic rings. The molecular weight excluding hydrogens is 264 g/mol. The minimum absolute atomic E-state index is 0.0173. The fourth-order valence-electron chi connectivity index (χ4n) is 1.96. The molecule has 0 bridgehead atoms. The third kappa shape index (κ3) is 5.72. The van der Waals surface area contributed by atoms with E-state index in [1.54, 1.807) is 23.7 Å². The number of urea groups is 1. The normalized spacial score (nSPS) is 17.6. The summed E-state index contributed by atoms with van der Waals surface area (Å²) in [7, 11) is 1.77. The van der Waals surface area contributed by atoms with Crippen LogP contribution < -0.4 is 5.32 Å². The van der Waals surface area contributed by atoms with Gasteiger partial charge in [-0.1, -0.05) is 0 Å². The van der Waals surface area contributed by atoms with Crippen LogP contribution in [0.4, 0.5) is 4.79 Å². The molecule has 0 saturated heterocycles. The van der Waals surface area contributed by atoms with Crippen molar-refractivity contribution in [3.63, 3.8) is 0 Å². The fraction of sp³-hybridized carbons (Fsp3) is 0.846. The van der Waals surface area contributed by atoms with Crippen LogP contribution in [0.5, 0.6) is 0 Å². The summed E-state index contributed by atoms with van der Waals surface area (Å²) in [5.74, 6) is 0.505. The Balaban J connectivity index is 2.44. The topological polar surface area (TPSA) is 69.6 Å². The van der Waals surface area contributed by atoms with E-state index >= 15 is 0 Å². The molecule has 5 nitrogen and oxygen atoms in total. The Labute approximate surface area is 119 Å². The lowest BCUT2D eigenvalue weighted by Gasteiger charge is -2.27. The zero-order valence-corrected chi connectivity index (χ0v) is 12.7. The summed E-state index contributed by atoms with van der Waals surface area (Å²) in [6.45, 7) is 2.01. The summed E-state index contributed by atoms with van der Waals surface area (Å²) in [5, 5.41) is 11.7. The highest BCUT2D eigenvalue weighted by atomic mass is 32.2. The second kappa shape index (κ2) is 7.62. The Morgan fingerprint density at radius 2 is 2.11 bits per heavy atom. The van der Waals surface area contributed by atoms with Crippen molar-refractivity contribution in [3.8, 4) is 0 Å². The van der Waals surface area contributed by atoms with E-state index in [1.807, 2.05) is 13.2 Å². The highest BCUT2D eigenvalue weighted by Crippen LogP contribution is 2.34. The van der Waals surface area contributed by atoms with Gasteiger partial charge in [-0.2, -0.15) is 11.8 Å². The number of hydrogen-bond acceptors (Lipinski definition) is 3. The van der Waals surface area contributed by atoms with E-state index in [4.69, 9.17) is 5.11 Å². The first-order chi connectivity index (χ1) is 8.95. The molecule has 1 rings (SSSR count). The summed E-state index contributed by atoms with van der Waals surface area (Å²) in [4.78, 5) is 24.6. The number of carbonyl (C=O) groups is 2. The van der Waals surface area contributed by atoms with Gasteiger partial charge in [0.05, 0.1) is 6.42 Å². The summed E-state index contributed by atoms with van der Waals surface area (Å²) in [6.07, 6.45) is 5.04. The lowest BCUT2D eigenvalue weighted by atomic mass is 10.1. The van der Waals surface area contributed by atoms with Gasteiger partial charge in [0.2, 0.25) is 0 Å². The van der Waals surface area contributed by atoms with Crippen LogP contribution in [-0.2, 0) is 4.79 Å². The van der Waals surface area contributed by atoms with E-state index < -0.39 is 5.97 Å². The Morgan fingerprint density at radius 3 is 2.58 bits per heavy atom. The number of thioether (sulfide) groups is 1. The van der Waals surface area contributed by atoms with Gasteiger partial charge in [0.25, 0.3) is 0 Å². The van der Waals surface area contributed by atoms with Gasteiger partial charge in [-0.3, -0.25) is 4.79 Å². The Morgan fingerprint density at radius 1 is 1.47 bits per heavy atom. The van der Waals surface area contributed by atoms with Crippen LogP contribution >= 0.6 is 11.8 Å². The summed E-state index contributed by atoms with van der Waals surface area (Å²) in [5.41, 5.74) is 0. The molecule has 0 aromatic carbocycles. The Hall–Kier alpha value is -0.910. The molecule has 1 saturated carbocycles. The average Bonchev–Trinajstić information content (AvgIpc) is 3.17. The van der Waals surface area contributed by atoms with Crippen LogP contribution in [0.3, 0.4) is 0 Å². The minimum Gasteiger partial charge on any atom is -0.481 e. The van der Waals surface area contributed by atoms with Crippen molar-refractivity contribution < 1.29 is 14.7 Å². The summed E-state index contributed by atoms with van der Waals surface area (Å²) >= 11 is 1.76. The van der Waals surface area contributed by atoms with Gasteiger partial charge in [0, 0.05) is 19.1 Å². The molecule has 2 amide bonds. The number of carboxylic acids is 1. The lowest BCUT2D eigenvalue weighted by Crippen LogP contribution is -2.48. The first-order valence-electron chi connectivity index (χ1n) is 6.69. The second-order valence-corrected chi connectivity index (χ2v) is 6.22. The van der Waals surface area contributed by atoms with Crippen molar-refractivity contribution in [1.82, 2.24) is 10.2 Å². The van der Waals surface area contributed by atoms with Gasteiger partial charge in [-0.25, -0.2) is 4.79 Å². The molecule has 19 heavy (non-hydrogen) atoms. The Kier molecular flexibility index (Phi) is 6.48. The molecule has 1 aliphatic carbocycles. The molecule has 6 heteroatoms. The first kappa shape index (κ1) is 16.1. The van der Waals surface area contributed by atoms with E-state index in [0.717, 1.165) is 25.0 Å². The Bertz CT molecular complexity index is 321. The van der Waals surface area contributed by atoms with Crippen molar-refractivity contribution in [2.75, 3.05) is 19.1 Å². The molecule has 1 fully saturated rings. The predicted molar refractivity (Wildman–Crippen MR) is 77.5 cm³/mol. The quantitative estimate of drug-likeness (QED) is 0.717. The predicted octanol–water partition coefficient (Wildman–Crippen LogP) is 2.02. The molecular formula is C13H24N2O3S. The van der Waals surface area contributed by atoms with Gasteiger partial charge in [0.1, 0.15) is 0 Å². The number of amides is 2. The molecule has 1 aliphatic rings. The number of nitrogens with zero attached hydrogens (tertiary/aromatic N) is 1. The van der Waals surface area contributed by atoms with E-state index in [9.17, 15) is 9.59 Å². The van der Waals surface area contributed by atoms with Crippen molar-refractivity contribution in [2.24, 2.45) is 5.92 Å². The van der Waals surface area contributed by atoms with Crippen molar-refractivity contribution in [1.29, 1.82) is 0 Å². The third-order valence-corrected chi connectivity index (χ3v) is 4.26. The highest BCUT2D eigenvalue weighted by Gasteiger charge is 2.34. The van der Waals surface area contributed by atoms with Crippen molar-refractivity contribution in [3.05, 3.63) is 0 Å². The number of hydrogen-bond donors (Lipinski definition) is 2. The average molecular weight is 288 g/mol. The monoisotopic (exact) mass is 288 g/mol. The number of aliphatic carboxylic acids is 1. The maximum absolute atomic E-state index is 12.1. The molecule has 2 N–H and O–H groups in total. The van der Waals surface area contributed by atoms with Gasteiger partial charge in [-0.15, -0.1) is 0 Å². The van der Waals surface area contributed by atoms with E-state index in [-0.39, 0.29) is 24.5 Å². The third-order valence-electron chi connectivity index (χ3n) is 3.62. The van der Waals surface area contributed by atoms with Gasteiger partial charge in [-0.05, 0) is 44.1 Å². The minimum atomic E-state index is -0.852. The smallest absolute Gasteiger partial charge is 0.317 e. The SMILES string of the molecule is CSCCC(C)N(C)C(=O)NC(CC(=O)O)C1CC1. The summed E-state index contributed by atoms with van der Waals surface area (Å²) in [6, 6.07) is -0.218. The molecule has 110 valence electrons. The molecule has 0 heterocycles. The standard InChI is InChI=1S/C13H24N2O3S/c1-9(6-7-19-3)15(2)13(18)14-11(8-12(16)17)10-4-5-10/h9-11H,4-8H2,1-3H3,(H,14,18)(H,16,17). The zero-order chi connectivity index (χ0) is 14.4. The van der Waals surface area contributed by atoms with Crippen LogP contribution in [0.2, 0.25) is 0 Å². The maximum Gasteiger partial charge on any atom is 0.317 e. The van der Waals surface area contributed by atoms with E-state index in [0.29, 0.717) is 5.92 Å². The molecule has 0 aromatic heterocycles. The summed E-state index contributed by atoms with van der Waals surface area (Å²) < 4.78 is 0. The number of carboxylic acid groups (broad SMARTS) is 1. The van der Waals surface area contributed by atoms with Crippen LogP contribution in [0.1, 0.15) is 32.6 Å². The van der Waals surface area contributed by atoms with E-state index in [1.165, 1.54) is 0 Å². The highest BCUT2D eigenvalue weighted by molar-refractivity contribution is 7.98. The van der Waals surface area contributed by atoms with Crippen LogP contribution in [0.25, 0.3) is 0 Å². The van der Waals surface area contributed by atoms with Crippen LogP contribution in [0, 0.1) is 5.92 Å². The number of nitrogens with one attached hydrogen (secondary N) is 1. The first-order valence-corrected chi connectivity index (χ1v) is 8.09. The lowest BCUT2D eigenvalue weighted by molar-refractivity contribution is -0.137. The second-order valence-electron chi connectivity index (χ2n) is 5.23. The van der Waals surface area contributed by atoms with Gasteiger partial charge >= 0.3 is 12.0 Å². The fourth-order valence-corrected chi connectivity index (χ4v) is 2.54. The molecule has 0 aliphatic heterocycles. The van der Waals surface area contributed by atoms with E-state index in [2.05, 4.69) is 5.32 Å². The van der Waals surface area contributed by atoms with Gasteiger partial charge in [0.15, 0.2) is 0 Å². The molecule has 2 unspecified atom stereocenters. The van der Waals surface area contributed by atoms with Gasteiger partial charge < -0.3 is 15.3 Å². The van der Waals surface area contributed by atoms with Crippen molar-refractivity contribution >= 4 is 23.8 Å². The zero-order valence-electron chi connectivity index (χ0n) is 11.9. The molecule has 2 atom stereocenters. The number of rotatable bonds is 8. The van der Waals surface area contributed by atoms with Crippen LogP contribution in [-0.4, -0.2) is 53.1 Å². The number of carbonyl (C=O) groups excluding carboxylic acids is 1. The largest absolute Gasteiger partial charge is 0.481 e. The van der Waals surface area contributed by atoms with Crippen molar-refractivity contribution in [2.45, 2.75) is 44.7 Å².